The van der Waals surface area contributed by atoms with E-state index in [9.17, 15) is 9.59 Å². The number of hydrogen-bond donors (Lipinski definition) is 1. The van der Waals surface area contributed by atoms with Crippen molar-refractivity contribution in [1.29, 1.82) is 0 Å². The van der Waals surface area contributed by atoms with Crippen LogP contribution in [0.3, 0.4) is 0 Å². The Balaban J connectivity index is 2.21. The Hall–Kier alpha value is -1.14. The summed E-state index contributed by atoms with van der Waals surface area (Å²) in [4.78, 5) is 25.2. The van der Waals surface area contributed by atoms with Gasteiger partial charge in [0.05, 0.1) is 13.2 Å². The molecule has 15 heavy (non-hydrogen) atoms. The predicted octanol–water partition coefficient (Wildman–Crippen LogP) is -1.70. The molecule has 6 heteroatoms. The molecule has 0 radical (unpaired) electrons. The Bertz CT molecular complexity index is 214. The lowest BCUT2D eigenvalue weighted by atomic mass is 10.3. The third-order valence-corrected chi connectivity index (χ3v) is 2.28. The fourth-order valence-corrected chi connectivity index (χ4v) is 1.39. The molecular formula is C9H16N2O4. The SMILES string of the molecule is O=CN1CCN(C(=O)COCCO)CC1. The van der Waals surface area contributed by atoms with Gasteiger partial charge < -0.3 is 19.6 Å². The lowest BCUT2D eigenvalue weighted by Gasteiger charge is -2.32. The first-order valence-corrected chi connectivity index (χ1v) is 4.93. The van der Waals surface area contributed by atoms with Crippen molar-refractivity contribution >= 4 is 12.3 Å². The van der Waals surface area contributed by atoms with Gasteiger partial charge in [-0.25, -0.2) is 0 Å². The fraction of sp³-hybridized carbons (Fsp3) is 0.778. The molecule has 0 bridgehead atoms. The highest BCUT2D eigenvalue weighted by Crippen LogP contribution is 2.00. The molecule has 0 saturated carbocycles. The molecule has 1 N–H and O–H groups in total. The number of hydrogen-bond acceptors (Lipinski definition) is 4. The molecule has 1 aliphatic rings. The Morgan fingerprint density at radius 3 is 2.53 bits per heavy atom. The molecule has 1 saturated heterocycles. The van der Waals surface area contributed by atoms with Crippen molar-refractivity contribution in [2.24, 2.45) is 0 Å². The maximum atomic E-state index is 11.5. The number of rotatable bonds is 5. The van der Waals surface area contributed by atoms with Crippen LogP contribution in [0, 0.1) is 0 Å². The first-order valence-electron chi connectivity index (χ1n) is 4.93. The lowest BCUT2D eigenvalue weighted by Crippen LogP contribution is -2.49. The van der Waals surface area contributed by atoms with Gasteiger partial charge >= 0.3 is 0 Å². The van der Waals surface area contributed by atoms with Gasteiger partial charge in [-0.15, -0.1) is 0 Å². The molecule has 1 aliphatic heterocycles. The molecule has 1 rings (SSSR count). The van der Waals surface area contributed by atoms with Crippen LogP contribution in [-0.2, 0) is 14.3 Å². The number of aliphatic hydroxyl groups excluding tert-OH is 1. The molecule has 1 heterocycles. The summed E-state index contributed by atoms with van der Waals surface area (Å²) in [6.07, 6.45) is 0.796. The first kappa shape index (κ1) is 11.9. The molecule has 0 aliphatic carbocycles. The molecule has 0 aromatic rings. The van der Waals surface area contributed by atoms with Gasteiger partial charge in [0.2, 0.25) is 12.3 Å². The number of nitrogens with zero attached hydrogens (tertiary/aromatic N) is 2. The van der Waals surface area contributed by atoms with E-state index in [1.807, 2.05) is 0 Å². The average Bonchev–Trinajstić information content (AvgIpc) is 2.29. The quantitative estimate of drug-likeness (QED) is 0.439. The molecular weight excluding hydrogens is 200 g/mol. The lowest BCUT2D eigenvalue weighted by molar-refractivity contribution is -0.139. The standard InChI is InChI=1S/C9H16N2O4/c12-5-6-15-7-9(14)11-3-1-10(8-13)2-4-11/h8,12H,1-7H2. The van der Waals surface area contributed by atoms with Crippen LogP contribution in [0.15, 0.2) is 0 Å². The van der Waals surface area contributed by atoms with Gasteiger partial charge in [0.25, 0.3) is 0 Å². The zero-order valence-electron chi connectivity index (χ0n) is 8.59. The van der Waals surface area contributed by atoms with E-state index in [1.54, 1.807) is 9.80 Å². The molecule has 1 fully saturated rings. The van der Waals surface area contributed by atoms with Crippen molar-refractivity contribution in [3.05, 3.63) is 0 Å². The highest BCUT2D eigenvalue weighted by atomic mass is 16.5. The second-order valence-electron chi connectivity index (χ2n) is 3.30. The smallest absolute Gasteiger partial charge is 0.248 e. The van der Waals surface area contributed by atoms with Crippen molar-refractivity contribution in [1.82, 2.24) is 9.80 Å². The Morgan fingerprint density at radius 1 is 1.33 bits per heavy atom. The summed E-state index contributed by atoms with van der Waals surface area (Å²) < 4.78 is 4.93. The van der Waals surface area contributed by atoms with Crippen molar-refractivity contribution in [2.45, 2.75) is 0 Å². The minimum atomic E-state index is -0.0889. The van der Waals surface area contributed by atoms with Gasteiger partial charge in [-0.2, -0.15) is 0 Å². The molecule has 86 valence electrons. The maximum Gasteiger partial charge on any atom is 0.248 e. The number of carbonyl (C=O) groups excluding carboxylic acids is 2. The summed E-state index contributed by atoms with van der Waals surface area (Å²) in [5.41, 5.74) is 0. The van der Waals surface area contributed by atoms with E-state index >= 15 is 0 Å². The largest absolute Gasteiger partial charge is 0.394 e. The van der Waals surface area contributed by atoms with Crippen LogP contribution in [-0.4, -0.2) is 73.2 Å². The van der Waals surface area contributed by atoms with Crippen molar-refractivity contribution in [3.63, 3.8) is 0 Å². The molecule has 0 aromatic heterocycles. The summed E-state index contributed by atoms with van der Waals surface area (Å²) in [6.45, 7) is 2.37. The van der Waals surface area contributed by atoms with E-state index in [4.69, 9.17) is 9.84 Å². The van der Waals surface area contributed by atoms with Crippen LogP contribution >= 0.6 is 0 Å². The Morgan fingerprint density at radius 2 is 2.00 bits per heavy atom. The van der Waals surface area contributed by atoms with Crippen LogP contribution in [0.5, 0.6) is 0 Å². The highest BCUT2D eigenvalue weighted by molar-refractivity contribution is 5.77. The minimum Gasteiger partial charge on any atom is -0.394 e. The van der Waals surface area contributed by atoms with Crippen LogP contribution in [0.2, 0.25) is 0 Å². The van der Waals surface area contributed by atoms with Gasteiger partial charge in [0, 0.05) is 26.2 Å². The highest BCUT2D eigenvalue weighted by Gasteiger charge is 2.19. The number of aliphatic hydroxyl groups is 1. The second kappa shape index (κ2) is 6.36. The second-order valence-corrected chi connectivity index (χ2v) is 3.30. The maximum absolute atomic E-state index is 11.5. The zero-order valence-corrected chi connectivity index (χ0v) is 8.59. The molecule has 0 atom stereocenters. The number of carbonyl (C=O) groups is 2. The van der Waals surface area contributed by atoms with Gasteiger partial charge in [-0.3, -0.25) is 9.59 Å². The topological polar surface area (TPSA) is 70.1 Å². The van der Waals surface area contributed by atoms with Crippen LogP contribution in [0.1, 0.15) is 0 Å². The number of ether oxygens (including phenoxy) is 1. The fourth-order valence-electron chi connectivity index (χ4n) is 1.39. The molecule has 6 nitrogen and oxygen atoms in total. The zero-order chi connectivity index (χ0) is 11.1. The third-order valence-electron chi connectivity index (χ3n) is 2.28. The van der Waals surface area contributed by atoms with Gasteiger partial charge in [-0.05, 0) is 0 Å². The van der Waals surface area contributed by atoms with Crippen molar-refractivity contribution < 1.29 is 19.4 Å². The monoisotopic (exact) mass is 216 g/mol. The van der Waals surface area contributed by atoms with E-state index in [0.717, 1.165) is 6.41 Å². The van der Waals surface area contributed by atoms with E-state index in [0.29, 0.717) is 26.2 Å². The molecule has 2 amide bonds. The summed E-state index contributed by atoms with van der Waals surface area (Å²) >= 11 is 0. The predicted molar refractivity (Wildman–Crippen MR) is 52.1 cm³/mol. The Kier molecular flexibility index (Phi) is 5.06. The van der Waals surface area contributed by atoms with Gasteiger partial charge in [0.15, 0.2) is 0 Å². The summed E-state index contributed by atoms with van der Waals surface area (Å²) in [5.74, 6) is -0.0889. The summed E-state index contributed by atoms with van der Waals surface area (Å²) in [5, 5.41) is 8.46. The van der Waals surface area contributed by atoms with E-state index in [-0.39, 0.29) is 25.7 Å². The minimum absolute atomic E-state index is 0.00164. The van der Waals surface area contributed by atoms with Gasteiger partial charge in [0.1, 0.15) is 6.61 Å². The summed E-state index contributed by atoms with van der Waals surface area (Å²) in [7, 11) is 0. The Labute approximate surface area is 88.4 Å². The number of piperazine rings is 1. The average molecular weight is 216 g/mol. The van der Waals surface area contributed by atoms with Gasteiger partial charge in [-0.1, -0.05) is 0 Å². The first-order chi connectivity index (χ1) is 7.27. The molecule has 0 unspecified atom stereocenters. The summed E-state index contributed by atoms with van der Waals surface area (Å²) in [6, 6.07) is 0. The van der Waals surface area contributed by atoms with E-state index in [1.165, 1.54) is 0 Å². The van der Waals surface area contributed by atoms with Crippen LogP contribution in [0.25, 0.3) is 0 Å². The van der Waals surface area contributed by atoms with Crippen molar-refractivity contribution in [3.8, 4) is 0 Å². The third kappa shape index (κ3) is 3.85. The van der Waals surface area contributed by atoms with Crippen molar-refractivity contribution in [2.75, 3.05) is 46.0 Å². The van der Waals surface area contributed by atoms with Crippen LogP contribution < -0.4 is 0 Å². The molecule has 0 spiro atoms. The number of amides is 2. The van der Waals surface area contributed by atoms with E-state index < -0.39 is 0 Å². The van der Waals surface area contributed by atoms with E-state index in [2.05, 4.69) is 0 Å². The van der Waals surface area contributed by atoms with Crippen LogP contribution in [0.4, 0.5) is 0 Å². The molecule has 0 aromatic carbocycles. The normalized spacial score (nSPS) is 16.6.